The van der Waals surface area contributed by atoms with E-state index in [2.05, 4.69) is 0 Å². The number of halogens is 5. The Morgan fingerprint density at radius 3 is 1.81 bits per heavy atom. The van der Waals surface area contributed by atoms with Gasteiger partial charge in [0.25, 0.3) is 5.91 Å². The van der Waals surface area contributed by atoms with Crippen LogP contribution in [0.1, 0.15) is 10.4 Å². The SMILES string of the molecule is CN(C)C(=O)c1ccc(-c2cc(Cl)c(N3CCN(S(=O)(=O)c4c(Cl)cccc4Cl)CC3)c(Cl)c2)cc1Cl. The van der Waals surface area contributed by atoms with E-state index in [1.54, 1.807) is 50.5 Å². The highest BCUT2D eigenvalue weighted by Gasteiger charge is 2.33. The van der Waals surface area contributed by atoms with Crippen molar-refractivity contribution in [1.82, 2.24) is 9.21 Å². The zero-order valence-corrected chi connectivity index (χ0v) is 24.4. The molecule has 196 valence electrons. The van der Waals surface area contributed by atoms with Gasteiger partial charge in [0, 0.05) is 40.3 Å². The maximum absolute atomic E-state index is 13.2. The van der Waals surface area contributed by atoms with Crippen molar-refractivity contribution in [1.29, 1.82) is 0 Å². The van der Waals surface area contributed by atoms with Crippen LogP contribution < -0.4 is 4.90 Å². The average Bonchev–Trinajstić information content (AvgIpc) is 2.83. The van der Waals surface area contributed by atoms with Crippen molar-refractivity contribution in [2.24, 2.45) is 0 Å². The summed E-state index contributed by atoms with van der Waals surface area (Å²) in [6.45, 7) is 1.14. The van der Waals surface area contributed by atoms with Gasteiger partial charge in [-0.2, -0.15) is 4.31 Å². The van der Waals surface area contributed by atoms with Crippen LogP contribution in [-0.2, 0) is 10.0 Å². The minimum absolute atomic E-state index is 0.0795. The van der Waals surface area contributed by atoms with Crippen LogP contribution in [0.3, 0.4) is 0 Å². The molecular formula is C25H22Cl5N3O3S. The van der Waals surface area contributed by atoms with Crippen LogP contribution in [0.5, 0.6) is 0 Å². The summed E-state index contributed by atoms with van der Waals surface area (Å²) in [5.41, 5.74) is 2.50. The van der Waals surface area contributed by atoms with Crippen molar-refractivity contribution in [3.05, 3.63) is 79.2 Å². The van der Waals surface area contributed by atoms with Gasteiger partial charge in [0.15, 0.2) is 0 Å². The lowest BCUT2D eigenvalue weighted by atomic mass is 10.0. The fraction of sp³-hybridized carbons (Fsp3) is 0.240. The minimum atomic E-state index is -3.87. The predicted octanol–water partition coefficient (Wildman–Crippen LogP) is 6.83. The fourth-order valence-corrected chi connectivity index (χ4v) is 7.65. The Kier molecular flexibility index (Phi) is 8.56. The fourth-order valence-electron chi connectivity index (χ4n) is 4.15. The molecule has 0 unspecified atom stereocenters. The quantitative estimate of drug-likeness (QED) is 0.313. The molecular weight excluding hydrogens is 600 g/mol. The molecule has 0 atom stereocenters. The Morgan fingerprint density at radius 2 is 1.30 bits per heavy atom. The number of nitrogens with zero attached hydrogens (tertiary/aromatic N) is 3. The number of benzene rings is 3. The van der Waals surface area contributed by atoms with E-state index >= 15 is 0 Å². The normalized spacial score (nSPS) is 14.6. The Labute approximate surface area is 241 Å². The van der Waals surface area contributed by atoms with Gasteiger partial charge < -0.3 is 9.80 Å². The van der Waals surface area contributed by atoms with Gasteiger partial charge in [-0.1, -0.05) is 70.1 Å². The van der Waals surface area contributed by atoms with Gasteiger partial charge in [-0.05, 0) is 47.5 Å². The van der Waals surface area contributed by atoms with Crippen molar-refractivity contribution in [3.8, 4) is 11.1 Å². The van der Waals surface area contributed by atoms with Crippen LogP contribution in [0.25, 0.3) is 11.1 Å². The Morgan fingerprint density at radius 1 is 0.757 bits per heavy atom. The zero-order valence-electron chi connectivity index (χ0n) is 19.8. The monoisotopic (exact) mass is 619 g/mol. The molecule has 1 heterocycles. The number of amides is 1. The second-order valence-electron chi connectivity index (χ2n) is 8.62. The van der Waals surface area contributed by atoms with Crippen LogP contribution in [0.15, 0.2) is 53.4 Å². The summed E-state index contributed by atoms with van der Waals surface area (Å²) in [7, 11) is -0.556. The largest absolute Gasteiger partial charge is 0.366 e. The van der Waals surface area contributed by atoms with Gasteiger partial charge in [-0.25, -0.2) is 8.42 Å². The van der Waals surface area contributed by atoms with E-state index in [1.807, 2.05) is 4.90 Å². The van der Waals surface area contributed by atoms with Gasteiger partial charge >= 0.3 is 0 Å². The summed E-state index contributed by atoms with van der Waals surface area (Å²) >= 11 is 32.0. The molecule has 0 saturated carbocycles. The first-order valence-corrected chi connectivity index (χ1v) is 14.4. The Hall–Kier alpha value is -1.71. The molecule has 0 spiro atoms. The molecule has 1 aliphatic heterocycles. The lowest BCUT2D eigenvalue weighted by molar-refractivity contribution is 0.0828. The van der Waals surface area contributed by atoms with Crippen LogP contribution in [-0.4, -0.2) is 63.8 Å². The van der Waals surface area contributed by atoms with Crippen molar-refractivity contribution in [2.45, 2.75) is 4.90 Å². The Balaban J connectivity index is 1.55. The number of hydrogen-bond acceptors (Lipinski definition) is 4. The van der Waals surface area contributed by atoms with Gasteiger partial charge in [-0.15, -0.1) is 0 Å². The molecule has 0 N–H and O–H groups in total. The lowest BCUT2D eigenvalue weighted by Crippen LogP contribution is -2.49. The highest BCUT2D eigenvalue weighted by atomic mass is 35.5. The molecule has 3 aromatic rings. The minimum Gasteiger partial charge on any atom is -0.366 e. The summed E-state index contributed by atoms with van der Waals surface area (Å²) in [5.74, 6) is -0.194. The average molecular weight is 622 g/mol. The Bertz CT molecular complexity index is 1430. The summed E-state index contributed by atoms with van der Waals surface area (Å²) < 4.78 is 27.7. The second-order valence-corrected chi connectivity index (χ2v) is 12.5. The molecule has 1 fully saturated rings. The molecule has 0 radical (unpaired) electrons. The van der Waals surface area contributed by atoms with Crippen LogP contribution in [0.4, 0.5) is 5.69 Å². The highest BCUT2D eigenvalue weighted by Crippen LogP contribution is 2.40. The molecule has 1 amide bonds. The number of carbonyl (C=O) groups excluding carboxylic acids is 1. The van der Waals surface area contributed by atoms with E-state index in [9.17, 15) is 13.2 Å². The lowest BCUT2D eigenvalue weighted by Gasteiger charge is -2.36. The summed E-state index contributed by atoms with van der Waals surface area (Å²) in [6, 6.07) is 13.3. The number of sulfonamides is 1. The van der Waals surface area contributed by atoms with Gasteiger partial charge in [-0.3, -0.25) is 4.79 Å². The van der Waals surface area contributed by atoms with Crippen LogP contribution in [0.2, 0.25) is 25.1 Å². The van der Waals surface area contributed by atoms with Crippen molar-refractivity contribution >= 4 is 79.6 Å². The van der Waals surface area contributed by atoms with Gasteiger partial charge in [0.1, 0.15) is 4.90 Å². The molecule has 3 aromatic carbocycles. The standard InChI is InChI=1S/C25H22Cl5N3O3S/c1-31(2)25(34)17-7-6-15(12-20(17)28)16-13-21(29)23(22(30)14-16)32-8-10-33(11-9-32)37(35,36)24-18(26)4-3-5-19(24)27/h3-7,12-14H,8-11H2,1-2H3. The maximum atomic E-state index is 13.2. The predicted molar refractivity (Wildman–Crippen MR) is 152 cm³/mol. The van der Waals surface area contributed by atoms with E-state index in [1.165, 1.54) is 21.3 Å². The highest BCUT2D eigenvalue weighted by molar-refractivity contribution is 7.89. The third kappa shape index (κ3) is 5.69. The molecule has 1 aliphatic rings. The number of hydrogen-bond donors (Lipinski definition) is 0. The first kappa shape index (κ1) is 28.3. The molecule has 0 aliphatic carbocycles. The smallest absolute Gasteiger partial charge is 0.254 e. The first-order valence-electron chi connectivity index (χ1n) is 11.1. The molecule has 12 heteroatoms. The van der Waals surface area contributed by atoms with Crippen molar-refractivity contribution in [3.63, 3.8) is 0 Å². The molecule has 1 saturated heterocycles. The molecule has 4 rings (SSSR count). The maximum Gasteiger partial charge on any atom is 0.254 e. The number of rotatable bonds is 5. The van der Waals surface area contributed by atoms with Crippen molar-refractivity contribution < 1.29 is 13.2 Å². The number of piperazine rings is 1. The zero-order chi connectivity index (χ0) is 27.1. The van der Waals surface area contributed by atoms with E-state index in [4.69, 9.17) is 58.0 Å². The third-order valence-electron chi connectivity index (χ3n) is 6.03. The van der Waals surface area contributed by atoms with E-state index in [0.29, 0.717) is 39.4 Å². The first-order chi connectivity index (χ1) is 17.4. The molecule has 0 bridgehead atoms. The van der Waals surface area contributed by atoms with Gasteiger partial charge in [0.05, 0.1) is 36.4 Å². The number of anilines is 1. The van der Waals surface area contributed by atoms with Gasteiger partial charge in [0.2, 0.25) is 10.0 Å². The van der Waals surface area contributed by atoms with E-state index < -0.39 is 10.0 Å². The summed E-state index contributed by atoms with van der Waals surface area (Å²) in [6.07, 6.45) is 0. The summed E-state index contributed by atoms with van der Waals surface area (Å²) in [4.78, 5) is 15.6. The van der Waals surface area contributed by atoms with Crippen LogP contribution in [0, 0.1) is 0 Å². The van der Waals surface area contributed by atoms with E-state index in [-0.39, 0.29) is 33.9 Å². The van der Waals surface area contributed by atoms with Crippen molar-refractivity contribution in [2.75, 3.05) is 45.2 Å². The molecule has 6 nitrogen and oxygen atoms in total. The van der Waals surface area contributed by atoms with Crippen LogP contribution >= 0.6 is 58.0 Å². The summed E-state index contributed by atoms with van der Waals surface area (Å²) in [5, 5.41) is 1.31. The molecule has 0 aromatic heterocycles. The topological polar surface area (TPSA) is 60.9 Å². The number of carbonyl (C=O) groups is 1. The third-order valence-corrected chi connectivity index (χ3v) is 9.77. The molecule has 37 heavy (non-hydrogen) atoms. The second kappa shape index (κ2) is 11.2. The van der Waals surface area contributed by atoms with E-state index in [0.717, 1.165) is 11.1 Å².